The van der Waals surface area contributed by atoms with Crippen LogP contribution in [0.3, 0.4) is 0 Å². The molecule has 0 aliphatic rings. The van der Waals surface area contributed by atoms with E-state index in [1.54, 1.807) is 18.2 Å². The van der Waals surface area contributed by atoms with E-state index in [0.717, 1.165) is 20.1 Å². The van der Waals surface area contributed by atoms with Crippen molar-refractivity contribution in [2.75, 3.05) is 5.32 Å². The maximum Gasteiger partial charge on any atom is 0.266 e. The van der Waals surface area contributed by atoms with Gasteiger partial charge in [0.25, 0.3) is 5.91 Å². The Morgan fingerprint density at radius 3 is 2.50 bits per heavy atom. The Labute approximate surface area is 192 Å². The van der Waals surface area contributed by atoms with E-state index in [-0.39, 0.29) is 5.57 Å². The highest BCUT2D eigenvalue weighted by Crippen LogP contribution is 2.28. The average molecular weight is 526 g/mol. The Kier molecular flexibility index (Phi) is 7.45. The van der Waals surface area contributed by atoms with Crippen molar-refractivity contribution in [3.05, 3.63) is 97.9 Å². The molecule has 0 aromatic heterocycles. The molecule has 0 atom stereocenters. The van der Waals surface area contributed by atoms with Crippen LogP contribution < -0.4 is 10.1 Å². The standard InChI is InChI=1S/C24H18Br2N2O2/c1-16-4-2-3-5-22(16)28-24(29)19(14-27)12-18-8-11-23(21(26)13-18)30-15-17-6-9-20(25)10-7-17/h2-13H,15H2,1H3,(H,28,29)/b19-12-. The third kappa shape index (κ3) is 5.82. The summed E-state index contributed by atoms with van der Waals surface area (Å²) in [5, 5.41) is 12.2. The van der Waals surface area contributed by atoms with Crippen LogP contribution in [0.2, 0.25) is 0 Å². The van der Waals surface area contributed by atoms with Gasteiger partial charge in [-0.3, -0.25) is 4.79 Å². The lowest BCUT2D eigenvalue weighted by Crippen LogP contribution is -2.14. The zero-order chi connectivity index (χ0) is 21.5. The highest BCUT2D eigenvalue weighted by atomic mass is 79.9. The number of carbonyl (C=O) groups is 1. The van der Waals surface area contributed by atoms with E-state index in [1.807, 2.05) is 67.6 Å². The van der Waals surface area contributed by atoms with E-state index in [4.69, 9.17) is 4.74 Å². The van der Waals surface area contributed by atoms with Crippen molar-refractivity contribution in [1.82, 2.24) is 0 Å². The summed E-state index contributed by atoms with van der Waals surface area (Å²) >= 11 is 6.91. The van der Waals surface area contributed by atoms with E-state index < -0.39 is 5.91 Å². The lowest BCUT2D eigenvalue weighted by Gasteiger charge is -2.10. The van der Waals surface area contributed by atoms with Gasteiger partial charge in [-0.05, 0) is 76.0 Å². The molecule has 0 saturated heterocycles. The number of ether oxygens (including phenoxy) is 1. The lowest BCUT2D eigenvalue weighted by molar-refractivity contribution is -0.112. The summed E-state index contributed by atoms with van der Waals surface area (Å²) in [6.07, 6.45) is 1.55. The van der Waals surface area contributed by atoms with E-state index in [1.165, 1.54) is 0 Å². The highest BCUT2D eigenvalue weighted by Gasteiger charge is 2.11. The Bertz CT molecular complexity index is 1130. The number of anilines is 1. The van der Waals surface area contributed by atoms with E-state index in [0.29, 0.717) is 23.6 Å². The molecule has 0 unspecified atom stereocenters. The molecule has 0 aliphatic carbocycles. The van der Waals surface area contributed by atoms with Crippen LogP contribution in [0.25, 0.3) is 6.08 Å². The van der Waals surface area contributed by atoms with Crippen LogP contribution >= 0.6 is 31.9 Å². The molecule has 4 nitrogen and oxygen atoms in total. The number of hydrogen-bond acceptors (Lipinski definition) is 3. The van der Waals surface area contributed by atoms with Gasteiger partial charge >= 0.3 is 0 Å². The first-order chi connectivity index (χ1) is 14.5. The molecule has 0 aliphatic heterocycles. The topological polar surface area (TPSA) is 62.1 Å². The maximum atomic E-state index is 12.5. The van der Waals surface area contributed by atoms with Crippen molar-refractivity contribution in [2.24, 2.45) is 0 Å². The van der Waals surface area contributed by atoms with Gasteiger partial charge in [0.2, 0.25) is 0 Å². The van der Waals surface area contributed by atoms with Crippen LogP contribution in [0.5, 0.6) is 5.75 Å². The van der Waals surface area contributed by atoms with Crippen LogP contribution in [0.15, 0.2) is 81.2 Å². The van der Waals surface area contributed by atoms with Gasteiger partial charge in [-0.2, -0.15) is 5.26 Å². The van der Waals surface area contributed by atoms with E-state index >= 15 is 0 Å². The summed E-state index contributed by atoms with van der Waals surface area (Å²) in [7, 11) is 0. The second kappa shape index (κ2) is 10.2. The third-order valence-electron chi connectivity index (χ3n) is 4.33. The summed E-state index contributed by atoms with van der Waals surface area (Å²) in [5.41, 5.74) is 3.40. The predicted molar refractivity (Wildman–Crippen MR) is 126 cm³/mol. The number of benzene rings is 3. The SMILES string of the molecule is Cc1ccccc1NC(=O)/C(C#N)=C\c1ccc(OCc2ccc(Br)cc2)c(Br)c1. The van der Waals surface area contributed by atoms with Gasteiger partial charge in [-0.25, -0.2) is 0 Å². The molecule has 0 fully saturated rings. The molecule has 0 radical (unpaired) electrons. The number of aryl methyl sites for hydroxylation is 1. The second-order valence-corrected chi connectivity index (χ2v) is 8.31. The molecule has 0 spiro atoms. The van der Waals surface area contributed by atoms with Gasteiger partial charge in [0, 0.05) is 10.2 Å². The molecular weight excluding hydrogens is 508 g/mol. The molecule has 0 saturated carbocycles. The number of carbonyl (C=O) groups excluding carboxylic acids is 1. The first-order valence-corrected chi connectivity index (χ1v) is 10.7. The minimum absolute atomic E-state index is 0.0219. The number of halogens is 2. The monoisotopic (exact) mass is 524 g/mol. The van der Waals surface area contributed by atoms with Gasteiger partial charge in [0.05, 0.1) is 4.47 Å². The number of para-hydroxylation sites is 1. The Hall–Kier alpha value is -2.88. The minimum atomic E-state index is -0.446. The van der Waals surface area contributed by atoms with E-state index in [2.05, 4.69) is 37.2 Å². The molecular formula is C24H18Br2N2O2. The zero-order valence-electron chi connectivity index (χ0n) is 16.2. The molecule has 6 heteroatoms. The number of hydrogen-bond donors (Lipinski definition) is 1. The normalized spacial score (nSPS) is 10.9. The highest BCUT2D eigenvalue weighted by molar-refractivity contribution is 9.10. The summed E-state index contributed by atoms with van der Waals surface area (Å²) in [5.74, 6) is 0.233. The van der Waals surface area contributed by atoms with Crippen molar-refractivity contribution >= 4 is 49.5 Å². The van der Waals surface area contributed by atoms with Crippen molar-refractivity contribution in [2.45, 2.75) is 13.5 Å². The van der Waals surface area contributed by atoms with Crippen molar-refractivity contribution in [1.29, 1.82) is 5.26 Å². The van der Waals surface area contributed by atoms with Gasteiger partial charge in [0.1, 0.15) is 24.0 Å². The van der Waals surface area contributed by atoms with Crippen LogP contribution in [0, 0.1) is 18.3 Å². The van der Waals surface area contributed by atoms with Gasteiger partial charge in [-0.15, -0.1) is 0 Å². The maximum absolute atomic E-state index is 12.5. The molecule has 3 aromatic carbocycles. The van der Waals surface area contributed by atoms with Gasteiger partial charge < -0.3 is 10.1 Å². The van der Waals surface area contributed by atoms with E-state index in [9.17, 15) is 10.1 Å². The lowest BCUT2D eigenvalue weighted by atomic mass is 10.1. The summed E-state index contributed by atoms with van der Waals surface area (Å²) in [6.45, 7) is 2.33. The summed E-state index contributed by atoms with van der Waals surface area (Å²) in [4.78, 5) is 12.5. The summed E-state index contributed by atoms with van der Waals surface area (Å²) < 4.78 is 7.62. The Balaban J connectivity index is 1.71. The Morgan fingerprint density at radius 2 is 1.83 bits per heavy atom. The molecule has 1 N–H and O–H groups in total. The number of nitrogens with zero attached hydrogens (tertiary/aromatic N) is 1. The molecule has 1 amide bonds. The first-order valence-electron chi connectivity index (χ1n) is 9.12. The summed E-state index contributed by atoms with van der Waals surface area (Å²) in [6, 6.07) is 22.7. The van der Waals surface area contributed by atoms with Crippen molar-refractivity contribution < 1.29 is 9.53 Å². The molecule has 0 bridgehead atoms. The smallest absolute Gasteiger partial charge is 0.266 e. The van der Waals surface area contributed by atoms with Gasteiger partial charge in [0.15, 0.2) is 0 Å². The fourth-order valence-corrected chi connectivity index (χ4v) is 3.46. The molecule has 150 valence electrons. The Morgan fingerprint density at radius 1 is 1.10 bits per heavy atom. The van der Waals surface area contributed by atoms with Gasteiger partial charge in [-0.1, -0.05) is 52.3 Å². The quantitative estimate of drug-likeness (QED) is 0.289. The van der Waals surface area contributed by atoms with Crippen LogP contribution in [0.1, 0.15) is 16.7 Å². The van der Waals surface area contributed by atoms with Crippen LogP contribution in [-0.4, -0.2) is 5.91 Å². The van der Waals surface area contributed by atoms with Crippen LogP contribution in [-0.2, 0) is 11.4 Å². The third-order valence-corrected chi connectivity index (χ3v) is 5.48. The fourth-order valence-electron chi connectivity index (χ4n) is 2.68. The van der Waals surface area contributed by atoms with Crippen LogP contribution in [0.4, 0.5) is 5.69 Å². The first kappa shape index (κ1) is 21.8. The fraction of sp³-hybridized carbons (Fsp3) is 0.0833. The molecule has 3 aromatic rings. The second-order valence-electron chi connectivity index (χ2n) is 6.54. The zero-order valence-corrected chi connectivity index (χ0v) is 19.3. The van der Waals surface area contributed by atoms with Crippen molar-refractivity contribution in [3.63, 3.8) is 0 Å². The number of nitrogens with one attached hydrogen (secondary N) is 1. The largest absolute Gasteiger partial charge is 0.488 e. The molecule has 3 rings (SSSR count). The number of nitriles is 1. The predicted octanol–water partition coefficient (Wildman–Crippen LogP) is 6.64. The molecule has 30 heavy (non-hydrogen) atoms. The average Bonchev–Trinajstić information content (AvgIpc) is 2.74. The number of amides is 1. The minimum Gasteiger partial charge on any atom is -0.488 e. The van der Waals surface area contributed by atoms with Crippen molar-refractivity contribution in [3.8, 4) is 11.8 Å². The molecule has 0 heterocycles. The number of rotatable bonds is 6.